The first-order chi connectivity index (χ1) is 17.0. The van der Waals surface area contributed by atoms with Gasteiger partial charge in [-0.1, -0.05) is 55.0 Å². The predicted octanol–water partition coefficient (Wildman–Crippen LogP) is 4.82. The van der Waals surface area contributed by atoms with Crippen molar-refractivity contribution in [2.24, 2.45) is 11.8 Å². The molecule has 0 spiro atoms. The normalized spacial score (nSPS) is 20.7. The number of piperidine rings is 1. The van der Waals surface area contributed by atoms with E-state index in [4.69, 9.17) is 0 Å². The van der Waals surface area contributed by atoms with E-state index in [0.717, 1.165) is 46.7 Å². The topological polar surface area (TPSA) is 66.7 Å². The average Bonchev–Trinajstić information content (AvgIpc) is 3.19. The molecule has 1 aliphatic carbocycles. The molecule has 0 bridgehead atoms. The zero-order chi connectivity index (χ0) is 24.1. The molecule has 2 aromatic heterocycles. The van der Waals surface area contributed by atoms with Gasteiger partial charge < -0.3 is 10.2 Å². The maximum atomic E-state index is 13.8. The number of aryl methyl sites for hydroxylation is 2. The summed E-state index contributed by atoms with van der Waals surface area (Å²) in [6.07, 6.45) is 3.62. The first-order valence-corrected chi connectivity index (χ1v) is 13.1. The van der Waals surface area contributed by atoms with Crippen LogP contribution in [0.4, 0.5) is 0 Å². The lowest BCUT2D eigenvalue weighted by atomic mass is 9.97. The van der Waals surface area contributed by atoms with E-state index < -0.39 is 0 Å². The van der Waals surface area contributed by atoms with Crippen LogP contribution in [0.25, 0.3) is 16.1 Å². The van der Waals surface area contributed by atoms with Crippen LogP contribution in [0.5, 0.6) is 0 Å². The van der Waals surface area contributed by atoms with Crippen molar-refractivity contribution in [2.45, 2.75) is 32.7 Å². The Kier molecular flexibility index (Phi) is 5.44. The number of thiazole rings is 1. The van der Waals surface area contributed by atoms with E-state index in [1.54, 1.807) is 17.5 Å². The van der Waals surface area contributed by atoms with Gasteiger partial charge in [0.1, 0.15) is 5.69 Å². The number of carbonyl (C=O) groups excluding carboxylic acids is 2. The van der Waals surface area contributed by atoms with Crippen molar-refractivity contribution in [1.29, 1.82) is 0 Å². The van der Waals surface area contributed by atoms with Crippen molar-refractivity contribution >= 4 is 28.1 Å². The first-order valence-electron chi connectivity index (χ1n) is 12.2. The van der Waals surface area contributed by atoms with Gasteiger partial charge >= 0.3 is 0 Å². The van der Waals surface area contributed by atoms with Crippen LogP contribution in [-0.4, -0.2) is 45.2 Å². The third kappa shape index (κ3) is 3.84. The molecule has 178 valence electrons. The van der Waals surface area contributed by atoms with Gasteiger partial charge in [0.25, 0.3) is 11.8 Å². The zero-order valence-corrected chi connectivity index (χ0v) is 20.7. The number of benzene rings is 2. The molecule has 6 rings (SSSR count). The number of hydrogen-bond donors (Lipinski definition) is 1. The molecule has 2 fully saturated rings. The van der Waals surface area contributed by atoms with Crippen LogP contribution in [-0.2, 0) is 6.42 Å². The highest BCUT2D eigenvalue weighted by Crippen LogP contribution is 2.50. The van der Waals surface area contributed by atoms with E-state index in [-0.39, 0.29) is 17.9 Å². The number of rotatable bonds is 6. The number of carbonyl (C=O) groups is 2. The van der Waals surface area contributed by atoms with Crippen molar-refractivity contribution in [3.8, 4) is 11.1 Å². The summed E-state index contributed by atoms with van der Waals surface area (Å²) in [5.41, 5.74) is 5.54. The van der Waals surface area contributed by atoms with E-state index in [1.165, 1.54) is 5.56 Å². The molecule has 2 aromatic carbocycles. The lowest BCUT2D eigenvalue weighted by molar-refractivity contribution is 0.0695. The van der Waals surface area contributed by atoms with Crippen molar-refractivity contribution in [1.82, 2.24) is 19.6 Å². The molecule has 1 saturated heterocycles. The number of nitrogens with zero attached hydrogens (tertiary/aromatic N) is 3. The van der Waals surface area contributed by atoms with Gasteiger partial charge in [-0.3, -0.25) is 14.0 Å². The fourth-order valence-corrected chi connectivity index (χ4v) is 6.46. The predicted molar refractivity (Wildman–Crippen MR) is 138 cm³/mol. The number of imidazole rings is 1. The largest absolute Gasteiger partial charge is 0.349 e. The van der Waals surface area contributed by atoms with E-state index in [0.29, 0.717) is 24.1 Å². The minimum atomic E-state index is -0.137. The SMILES string of the molecule is CCc1csc2ncc(C(=O)NC[C@@H]3[C@H]4C[C@H]4CN3C(=O)c3ccccc3-c3cccc(C)c3)n12. The fourth-order valence-electron chi connectivity index (χ4n) is 5.51. The number of hydrogen-bond acceptors (Lipinski definition) is 4. The summed E-state index contributed by atoms with van der Waals surface area (Å²) in [7, 11) is 0. The summed E-state index contributed by atoms with van der Waals surface area (Å²) in [5.74, 6) is 0.911. The Balaban J connectivity index is 1.23. The average molecular weight is 485 g/mol. The number of amides is 2. The molecule has 1 aliphatic heterocycles. The number of nitrogens with one attached hydrogen (secondary N) is 1. The third-order valence-corrected chi connectivity index (χ3v) is 8.32. The monoisotopic (exact) mass is 484 g/mol. The Bertz CT molecular complexity index is 1440. The van der Waals surface area contributed by atoms with Gasteiger partial charge in [0.15, 0.2) is 4.96 Å². The summed E-state index contributed by atoms with van der Waals surface area (Å²) in [6, 6.07) is 16.1. The standard InChI is InChI=1S/C28H28N4O2S/c1-3-20-16-35-28-30-14-25(32(20)28)26(33)29-13-24-23-12-19(23)15-31(24)27(34)22-10-5-4-9-21(22)18-8-6-7-17(2)11-18/h4-11,14,16,19,23-24H,3,12-13,15H2,1-2H3,(H,29,33)/t19-,23-,24+/m0/s1. The summed E-state index contributed by atoms with van der Waals surface area (Å²) in [4.78, 5) is 34.1. The minimum absolute atomic E-state index is 0.0125. The Morgan fingerprint density at radius 1 is 1.17 bits per heavy atom. The smallest absolute Gasteiger partial charge is 0.270 e. The van der Waals surface area contributed by atoms with Crippen LogP contribution in [0.3, 0.4) is 0 Å². The van der Waals surface area contributed by atoms with Crippen molar-refractivity contribution in [3.05, 3.63) is 82.6 Å². The molecule has 2 aliphatic rings. The van der Waals surface area contributed by atoms with Gasteiger partial charge in [-0.05, 0) is 48.8 Å². The highest BCUT2D eigenvalue weighted by Gasteiger charge is 2.54. The lowest BCUT2D eigenvalue weighted by Gasteiger charge is -2.28. The van der Waals surface area contributed by atoms with Gasteiger partial charge in [-0.2, -0.15) is 0 Å². The van der Waals surface area contributed by atoms with Gasteiger partial charge in [0.2, 0.25) is 0 Å². The van der Waals surface area contributed by atoms with Crippen LogP contribution in [0, 0.1) is 18.8 Å². The third-order valence-electron chi connectivity index (χ3n) is 7.43. The van der Waals surface area contributed by atoms with Crippen molar-refractivity contribution in [3.63, 3.8) is 0 Å². The van der Waals surface area contributed by atoms with Gasteiger partial charge in [0.05, 0.1) is 12.2 Å². The summed E-state index contributed by atoms with van der Waals surface area (Å²) in [5, 5.41) is 5.17. The van der Waals surface area contributed by atoms with Gasteiger partial charge in [0, 0.05) is 29.7 Å². The van der Waals surface area contributed by atoms with Crippen molar-refractivity contribution < 1.29 is 9.59 Å². The molecule has 1 saturated carbocycles. The van der Waals surface area contributed by atoms with Crippen LogP contribution in [0.2, 0.25) is 0 Å². The molecule has 4 aromatic rings. The first kappa shape index (κ1) is 22.0. The Hall–Kier alpha value is -3.45. The van der Waals surface area contributed by atoms with E-state index in [9.17, 15) is 9.59 Å². The van der Waals surface area contributed by atoms with E-state index >= 15 is 0 Å². The van der Waals surface area contributed by atoms with E-state index in [2.05, 4.69) is 47.7 Å². The maximum absolute atomic E-state index is 13.8. The number of likely N-dealkylation sites (tertiary alicyclic amines) is 1. The van der Waals surface area contributed by atoms with Crippen LogP contribution in [0.15, 0.2) is 60.1 Å². The molecule has 35 heavy (non-hydrogen) atoms. The molecule has 6 nitrogen and oxygen atoms in total. The minimum Gasteiger partial charge on any atom is -0.349 e. The zero-order valence-electron chi connectivity index (χ0n) is 19.9. The second-order valence-electron chi connectivity index (χ2n) is 9.65. The fraction of sp³-hybridized carbons (Fsp3) is 0.321. The Morgan fingerprint density at radius 3 is 2.86 bits per heavy atom. The van der Waals surface area contributed by atoms with Gasteiger partial charge in [-0.25, -0.2) is 4.98 Å². The summed E-state index contributed by atoms with van der Waals surface area (Å²) in [6.45, 7) is 5.35. The highest BCUT2D eigenvalue weighted by atomic mass is 32.1. The molecule has 7 heteroatoms. The van der Waals surface area contributed by atoms with Crippen LogP contribution in [0.1, 0.15) is 45.4 Å². The molecule has 0 unspecified atom stereocenters. The summed E-state index contributed by atoms with van der Waals surface area (Å²) >= 11 is 1.55. The van der Waals surface area contributed by atoms with E-state index in [1.807, 2.05) is 39.6 Å². The Labute approximate surface area is 208 Å². The molecular formula is C28H28N4O2S. The van der Waals surface area contributed by atoms with Crippen LogP contribution < -0.4 is 5.32 Å². The quantitative estimate of drug-likeness (QED) is 0.427. The van der Waals surface area contributed by atoms with Crippen LogP contribution >= 0.6 is 11.3 Å². The molecule has 1 N–H and O–H groups in total. The van der Waals surface area contributed by atoms with Gasteiger partial charge in [-0.15, -0.1) is 11.3 Å². The second-order valence-corrected chi connectivity index (χ2v) is 10.5. The molecule has 0 radical (unpaired) electrons. The molecule has 3 heterocycles. The second kappa shape index (κ2) is 8.64. The summed E-state index contributed by atoms with van der Waals surface area (Å²) < 4.78 is 1.94. The number of aromatic nitrogens is 2. The highest BCUT2D eigenvalue weighted by molar-refractivity contribution is 7.15. The molecular weight excluding hydrogens is 456 g/mol. The maximum Gasteiger partial charge on any atom is 0.270 e. The molecule has 2 amide bonds. The van der Waals surface area contributed by atoms with Crippen molar-refractivity contribution in [2.75, 3.05) is 13.1 Å². The lowest BCUT2D eigenvalue weighted by Crippen LogP contribution is -2.45. The number of fused-ring (bicyclic) bond motifs is 2. The molecule has 3 atom stereocenters. The Morgan fingerprint density at radius 2 is 2.03 bits per heavy atom.